The Hall–Kier alpha value is -14.3. The molecule has 3 amide bonds. The third kappa shape index (κ3) is 22.9. The highest BCUT2D eigenvalue weighted by atomic mass is 16.5. The molecular weight excluding hydrogens is 1720 g/mol. The second-order valence-electron chi connectivity index (χ2n) is 35.8. The van der Waals surface area contributed by atoms with Crippen LogP contribution in [0, 0.1) is 20.8 Å². The maximum absolute atomic E-state index is 12.3. The number of hydrogen-bond donors (Lipinski definition) is 7. The number of carbonyl (C=O) groups excluding carboxylic acids is 3. The van der Waals surface area contributed by atoms with Crippen LogP contribution in [0.15, 0.2) is 244 Å². The number of aromatic nitrogens is 10. The van der Waals surface area contributed by atoms with Gasteiger partial charge in [0.25, 0.3) is 22.2 Å². The minimum Gasteiger partial charge on any atom is -0.377 e. The molecule has 10 aromatic heterocycles. The summed E-state index contributed by atoms with van der Waals surface area (Å²) in [7, 11) is 0. The largest absolute Gasteiger partial charge is 0.377 e. The molecule has 6 aromatic carbocycles. The molecule has 1 atom stereocenters. The fourth-order valence-corrected chi connectivity index (χ4v) is 19.2. The number of amides is 3. The van der Waals surface area contributed by atoms with Crippen LogP contribution in [0.4, 0.5) is 23.3 Å². The van der Waals surface area contributed by atoms with Gasteiger partial charge in [0.05, 0.1) is 57.1 Å². The minimum atomic E-state index is -0.430. The minimum absolute atomic E-state index is 0. The predicted molar refractivity (Wildman–Crippen MR) is 555 cm³/mol. The second kappa shape index (κ2) is 44.9. The Morgan fingerprint density at radius 3 is 1.42 bits per heavy atom. The summed E-state index contributed by atoms with van der Waals surface area (Å²) in [5, 5.41) is 11.2. The molecule has 0 spiro atoms. The number of aryl methyl sites for hydroxylation is 3. The number of nitrogens with two attached hydrogens (primary N) is 2. The van der Waals surface area contributed by atoms with Crippen LogP contribution in [0.25, 0.3) is 109 Å². The summed E-state index contributed by atoms with van der Waals surface area (Å²) in [6.45, 7) is 26.8. The van der Waals surface area contributed by atoms with E-state index in [4.69, 9.17) is 31.2 Å². The van der Waals surface area contributed by atoms with Gasteiger partial charge in [-0.1, -0.05) is 155 Å². The van der Waals surface area contributed by atoms with Crippen molar-refractivity contribution in [3.63, 3.8) is 0 Å². The molecule has 5 aliphatic heterocycles. The maximum Gasteiger partial charge on any atom is 0.256 e. The van der Waals surface area contributed by atoms with Crippen molar-refractivity contribution in [2.24, 2.45) is 11.5 Å². The molecule has 0 bridgehead atoms. The number of nitrogens with one attached hydrogen (secondary N) is 5. The summed E-state index contributed by atoms with van der Waals surface area (Å²) in [5.74, 6) is 2.52. The lowest BCUT2D eigenvalue weighted by Crippen LogP contribution is -2.50. The van der Waals surface area contributed by atoms with E-state index in [9.17, 15) is 33.6 Å². The first-order valence-corrected chi connectivity index (χ1v) is 47.1. The Bertz CT molecular complexity index is 7240. The molecule has 28 nitrogen and oxygen atoms in total. The molecule has 9 N–H and O–H groups in total. The van der Waals surface area contributed by atoms with Crippen LogP contribution in [-0.4, -0.2) is 217 Å². The standard InChI is InChI=1S/C21H26N4O2.C21H26N4O.C19H20N4O2.C19H22N4O.C14H12N2O.C13H10N2O.2CH4/c22-21(26)18-7-2-1-6-17(18)19-8-3-9-20(23-19)25-12-10-24(11-13-25)15-16-5-4-14-27-16;22-21(26)18-9-4-3-8-17(18)19-10-5-11-20(23-19)25-14-12-24(13-15-25)16-6-1-2-7-16;24-17(12-23-10-4-1-5-11-23)21-16-9-8-15-18(22-16)13-6-2-3-7-14(13)19(25)20-15;1-13(2)22-9-11-23(12-10-22)17-8-7-16-18(21-17)14-5-3-4-6-15(14)19(24)20-16;1-8-9(2)15-7-12-10-5-3-4-6-11(10)14(17)16-13(8)12;1-8-6-12-11(7-14-8)9-4-2-3-5-10(9)13(16)15-12;;/h1-3,6-9,16H,4-5,10-15H2,(H2,22,26);3-5,8-11,16H,1-2,6-7,12-15H2,(H2,22,26);2-3,6-9H,1,4-5,10-12H2,(H,20,25)(H,21,22,24);3-8,13H,9-12H2,1-2H3,(H,20,24);3-7H,1-2H3,(H,16,17);2-7H,1H3,(H,15,16);2*1H4. The Labute approximate surface area is 797 Å². The van der Waals surface area contributed by atoms with Gasteiger partial charge in [-0.05, 0) is 194 Å². The van der Waals surface area contributed by atoms with Crippen molar-refractivity contribution in [3.8, 4) is 22.5 Å². The van der Waals surface area contributed by atoms with E-state index in [0.29, 0.717) is 68.2 Å². The molecule has 137 heavy (non-hydrogen) atoms. The number of fused-ring (bicyclic) bond motifs is 12. The van der Waals surface area contributed by atoms with Crippen LogP contribution in [0.1, 0.15) is 124 Å². The summed E-state index contributed by atoms with van der Waals surface area (Å²) in [6, 6.07) is 67.7. The highest BCUT2D eigenvalue weighted by Gasteiger charge is 2.29. The quantitative estimate of drug-likeness (QED) is 0.0497. The van der Waals surface area contributed by atoms with E-state index in [0.717, 1.165) is 235 Å². The van der Waals surface area contributed by atoms with E-state index >= 15 is 0 Å². The van der Waals surface area contributed by atoms with Crippen molar-refractivity contribution in [2.45, 2.75) is 125 Å². The van der Waals surface area contributed by atoms with E-state index in [2.05, 4.69) is 94.4 Å². The molecule has 1 unspecified atom stereocenters. The molecule has 6 aliphatic rings. The molecule has 16 aromatic rings. The average molecular weight is 1840 g/mol. The maximum atomic E-state index is 12.3. The van der Waals surface area contributed by atoms with Crippen LogP contribution >= 0.6 is 0 Å². The van der Waals surface area contributed by atoms with Gasteiger partial charge in [-0.15, -0.1) is 0 Å². The van der Waals surface area contributed by atoms with Crippen molar-refractivity contribution >= 4 is 128 Å². The van der Waals surface area contributed by atoms with E-state index in [-0.39, 0.29) is 43.0 Å². The molecular formula is C109H124N20O8. The summed E-state index contributed by atoms with van der Waals surface area (Å²) < 4.78 is 5.76. The predicted octanol–water partition coefficient (Wildman–Crippen LogP) is 16.5. The third-order valence-corrected chi connectivity index (χ3v) is 26.7. The smallest absolute Gasteiger partial charge is 0.256 e. The van der Waals surface area contributed by atoms with Crippen LogP contribution in [0.2, 0.25) is 0 Å². The van der Waals surface area contributed by atoms with E-state index in [1.54, 1.807) is 30.3 Å². The number of aromatic amines is 4. The van der Waals surface area contributed by atoms with Gasteiger partial charge in [0.15, 0.2) is 0 Å². The van der Waals surface area contributed by atoms with Gasteiger partial charge in [0, 0.05) is 193 Å². The van der Waals surface area contributed by atoms with Gasteiger partial charge in [0.1, 0.15) is 23.3 Å². The third-order valence-electron chi connectivity index (χ3n) is 26.7. The van der Waals surface area contributed by atoms with E-state index in [1.807, 2.05) is 209 Å². The molecule has 15 heterocycles. The Kier molecular flexibility index (Phi) is 31.9. The van der Waals surface area contributed by atoms with Crippen LogP contribution < -0.4 is 53.7 Å². The number of piperidine rings is 1. The van der Waals surface area contributed by atoms with E-state index in [1.165, 1.54) is 44.9 Å². The Balaban J connectivity index is 0.000000126. The Morgan fingerprint density at radius 1 is 0.423 bits per heavy atom. The Morgan fingerprint density at radius 2 is 0.883 bits per heavy atom. The first kappa shape index (κ1) is 97.3. The molecule has 5 saturated heterocycles. The lowest BCUT2D eigenvalue weighted by Gasteiger charge is -2.38. The zero-order valence-corrected chi connectivity index (χ0v) is 77.2. The number of piperazine rings is 3. The number of likely N-dealkylation sites (tertiary alicyclic amines) is 1. The molecule has 708 valence electrons. The molecule has 22 rings (SSSR count). The normalized spacial score (nSPS) is 16.1. The number of ether oxygens (including phenoxy) is 1. The fraction of sp³-hybridized carbons (Fsp3) is 0.330. The topological polar surface area (TPSA) is 356 Å². The second-order valence-corrected chi connectivity index (χ2v) is 35.8. The number of rotatable bonds is 14. The number of pyridine rings is 10. The number of nitrogens with zero attached hydrogens (tertiary/aromatic N) is 13. The highest BCUT2D eigenvalue weighted by molar-refractivity contribution is 6.08. The fourth-order valence-electron chi connectivity index (χ4n) is 19.2. The lowest BCUT2D eigenvalue weighted by molar-refractivity contribution is -0.117. The van der Waals surface area contributed by atoms with E-state index < -0.39 is 11.8 Å². The van der Waals surface area contributed by atoms with Crippen LogP contribution in [0.5, 0.6) is 0 Å². The zero-order chi connectivity index (χ0) is 93.6. The van der Waals surface area contributed by atoms with Gasteiger partial charge in [0.2, 0.25) is 17.7 Å². The highest BCUT2D eigenvalue weighted by Crippen LogP contribution is 2.33. The number of hydrogen-bond acceptors (Lipinski definition) is 21. The van der Waals surface area contributed by atoms with Crippen LogP contribution in [-0.2, 0) is 9.53 Å². The monoisotopic (exact) mass is 1840 g/mol. The van der Waals surface area contributed by atoms with Crippen LogP contribution in [0.3, 0.4) is 0 Å². The SMILES string of the molecule is C.C.CC(C)N1CCN(c2ccc3[nH]c(=O)c4ccccc4c3n2)CC1.Cc1cc2[nH]c(=O)c3ccccc3c2cn1.Cc1ncc2c([nH]c(=O)c3ccccc32)c1C.NC(=O)c1ccccc1-c1cccc(N2CCN(C3CCCC3)CC2)n1.NC(=O)c1ccccc1-c1cccc(N2CCN(CC3CCCO3)CC2)n1.O=C(CN1CCCCC1)Nc1ccc2[nH]c(=O)c3ccccc3c2n1. The van der Waals surface area contributed by atoms with Gasteiger partial charge >= 0.3 is 0 Å². The first-order chi connectivity index (χ1) is 65.7. The number of benzene rings is 6. The number of primary amides is 2. The first-order valence-electron chi connectivity index (χ1n) is 47.1. The summed E-state index contributed by atoms with van der Waals surface area (Å²) in [6.07, 6.45) is 15.5. The van der Waals surface area contributed by atoms with Gasteiger partial charge in [-0.2, -0.15) is 0 Å². The van der Waals surface area contributed by atoms with Crippen molar-refractivity contribution in [3.05, 3.63) is 294 Å². The summed E-state index contributed by atoms with van der Waals surface area (Å²) >= 11 is 0. The molecule has 6 fully saturated rings. The molecule has 1 saturated carbocycles. The van der Waals surface area contributed by atoms with Gasteiger partial charge < -0.3 is 56.2 Å². The van der Waals surface area contributed by atoms with Crippen molar-refractivity contribution in [1.82, 2.24) is 69.4 Å². The summed E-state index contributed by atoms with van der Waals surface area (Å²) in [5.41, 5.74) is 22.6. The molecule has 0 radical (unpaired) electrons. The summed E-state index contributed by atoms with van der Waals surface area (Å²) in [4.78, 5) is 140. The van der Waals surface area contributed by atoms with Gasteiger partial charge in [-0.25, -0.2) is 19.9 Å². The molecule has 28 heteroatoms. The number of carbonyl (C=O) groups is 3. The number of anilines is 4. The van der Waals surface area contributed by atoms with Gasteiger partial charge in [-0.3, -0.25) is 63.1 Å². The van der Waals surface area contributed by atoms with Crippen molar-refractivity contribution in [1.29, 1.82) is 0 Å². The molecule has 1 aliphatic carbocycles. The zero-order valence-electron chi connectivity index (χ0n) is 77.2. The average Bonchev–Trinajstić information content (AvgIpc) is 0.943. The van der Waals surface area contributed by atoms with Crippen molar-refractivity contribution < 1.29 is 19.1 Å². The van der Waals surface area contributed by atoms with Crippen molar-refractivity contribution in [2.75, 3.05) is 131 Å². The lowest BCUT2D eigenvalue weighted by atomic mass is 10.0. The number of H-pyrrole nitrogens is 4.